The van der Waals surface area contributed by atoms with E-state index in [1.165, 1.54) is 19.2 Å². The van der Waals surface area contributed by atoms with Crippen LogP contribution < -0.4 is 10.5 Å². The number of hydrogen-bond donors (Lipinski definition) is 1. The highest BCUT2D eigenvalue weighted by molar-refractivity contribution is 9.10. The first-order valence-corrected chi connectivity index (χ1v) is 4.83. The predicted molar refractivity (Wildman–Crippen MR) is 53.6 cm³/mol. The third-order valence-electron chi connectivity index (χ3n) is 1.88. The van der Waals surface area contributed by atoms with Crippen molar-refractivity contribution < 1.29 is 17.9 Å². The highest BCUT2D eigenvalue weighted by atomic mass is 79.9. The molecule has 0 radical (unpaired) electrons. The van der Waals surface area contributed by atoms with E-state index in [-0.39, 0.29) is 16.6 Å². The Labute approximate surface area is 93.3 Å². The van der Waals surface area contributed by atoms with E-state index in [9.17, 15) is 13.2 Å². The largest absolute Gasteiger partial charge is 0.497 e. The van der Waals surface area contributed by atoms with Crippen molar-refractivity contribution in [3.63, 3.8) is 0 Å². The van der Waals surface area contributed by atoms with Gasteiger partial charge in [-0.05, 0) is 17.7 Å². The number of rotatable bonds is 2. The minimum Gasteiger partial charge on any atom is -0.497 e. The topological polar surface area (TPSA) is 35.2 Å². The minimum absolute atomic E-state index is 0.00808. The van der Waals surface area contributed by atoms with Crippen LogP contribution in [0, 0.1) is 0 Å². The van der Waals surface area contributed by atoms with Gasteiger partial charge >= 0.3 is 6.18 Å². The van der Waals surface area contributed by atoms with E-state index < -0.39 is 11.7 Å². The van der Waals surface area contributed by atoms with E-state index in [1.54, 1.807) is 0 Å². The van der Waals surface area contributed by atoms with Crippen molar-refractivity contribution in [2.45, 2.75) is 12.7 Å². The standard InChI is InChI=1S/C9H9BrF3NO/c1-15-6-2-5(4-14)8(7(10)3-6)9(11,12)13/h2-3H,4,14H2,1H3. The van der Waals surface area contributed by atoms with Gasteiger partial charge in [0.2, 0.25) is 0 Å². The molecule has 0 aromatic heterocycles. The average molecular weight is 284 g/mol. The maximum Gasteiger partial charge on any atom is 0.417 e. The lowest BCUT2D eigenvalue weighted by Crippen LogP contribution is -2.13. The maximum atomic E-state index is 12.6. The maximum absolute atomic E-state index is 12.6. The molecule has 0 atom stereocenters. The molecule has 1 aromatic rings. The van der Waals surface area contributed by atoms with E-state index >= 15 is 0 Å². The Morgan fingerprint density at radius 3 is 2.40 bits per heavy atom. The van der Waals surface area contributed by atoms with Gasteiger partial charge in [-0.2, -0.15) is 13.2 Å². The lowest BCUT2D eigenvalue weighted by Gasteiger charge is -2.15. The summed E-state index contributed by atoms with van der Waals surface area (Å²) in [6, 6.07) is 2.55. The van der Waals surface area contributed by atoms with Crippen LogP contribution in [0.1, 0.15) is 11.1 Å². The second-order valence-corrected chi connectivity index (χ2v) is 3.70. The Morgan fingerprint density at radius 1 is 1.40 bits per heavy atom. The van der Waals surface area contributed by atoms with Crippen LogP contribution in [0.15, 0.2) is 16.6 Å². The molecule has 0 amide bonds. The van der Waals surface area contributed by atoms with Crippen molar-refractivity contribution in [2.24, 2.45) is 5.73 Å². The van der Waals surface area contributed by atoms with Crippen LogP contribution in [-0.2, 0) is 12.7 Å². The molecule has 0 saturated heterocycles. The van der Waals surface area contributed by atoms with Gasteiger partial charge in [0.25, 0.3) is 0 Å². The number of halogens is 4. The average Bonchev–Trinajstić information content (AvgIpc) is 2.14. The summed E-state index contributed by atoms with van der Waals surface area (Å²) in [5, 5.41) is 0. The fourth-order valence-corrected chi connectivity index (χ4v) is 1.94. The zero-order valence-corrected chi connectivity index (χ0v) is 9.45. The summed E-state index contributed by atoms with van der Waals surface area (Å²) in [4.78, 5) is 0. The molecular weight excluding hydrogens is 275 g/mol. The Balaban J connectivity index is 3.38. The van der Waals surface area contributed by atoms with E-state index in [4.69, 9.17) is 10.5 Å². The summed E-state index contributed by atoms with van der Waals surface area (Å²) in [7, 11) is 1.38. The molecule has 15 heavy (non-hydrogen) atoms. The fraction of sp³-hybridized carbons (Fsp3) is 0.333. The molecule has 0 aliphatic rings. The number of ether oxygens (including phenoxy) is 1. The fourth-order valence-electron chi connectivity index (χ4n) is 1.23. The Hall–Kier alpha value is -0.750. The number of methoxy groups -OCH3 is 1. The lowest BCUT2D eigenvalue weighted by atomic mass is 10.1. The van der Waals surface area contributed by atoms with Crippen LogP contribution in [0.3, 0.4) is 0 Å². The van der Waals surface area contributed by atoms with Gasteiger partial charge in [-0.25, -0.2) is 0 Å². The first-order chi connectivity index (χ1) is 6.90. The van der Waals surface area contributed by atoms with Gasteiger partial charge in [-0.3, -0.25) is 0 Å². The van der Waals surface area contributed by atoms with Crippen molar-refractivity contribution in [3.05, 3.63) is 27.7 Å². The summed E-state index contributed by atoms with van der Waals surface area (Å²) < 4.78 is 42.6. The monoisotopic (exact) mass is 283 g/mol. The molecule has 0 aliphatic carbocycles. The SMILES string of the molecule is COc1cc(Br)c(C(F)(F)F)c(CN)c1. The van der Waals surface area contributed by atoms with E-state index in [0.717, 1.165) is 0 Å². The highest BCUT2D eigenvalue weighted by Gasteiger charge is 2.35. The third kappa shape index (κ3) is 2.63. The summed E-state index contributed by atoms with van der Waals surface area (Å²) in [6.07, 6.45) is -4.42. The van der Waals surface area contributed by atoms with Gasteiger partial charge in [0.1, 0.15) is 5.75 Å². The second-order valence-electron chi connectivity index (χ2n) is 2.85. The van der Waals surface area contributed by atoms with Crippen molar-refractivity contribution in [1.82, 2.24) is 0 Å². The van der Waals surface area contributed by atoms with Gasteiger partial charge in [0.05, 0.1) is 12.7 Å². The smallest absolute Gasteiger partial charge is 0.417 e. The van der Waals surface area contributed by atoms with Gasteiger partial charge in [0, 0.05) is 11.0 Å². The molecule has 0 aliphatic heterocycles. The zero-order valence-electron chi connectivity index (χ0n) is 7.86. The molecule has 0 saturated carbocycles. The van der Waals surface area contributed by atoms with Crippen molar-refractivity contribution in [3.8, 4) is 5.75 Å². The predicted octanol–water partition coefficient (Wildman–Crippen LogP) is 2.94. The van der Waals surface area contributed by atoms with Crippen molar-refractivity contribution in [1.29, 1.82) is 0 Å². The Kier molecular flexibility index (Phi) is 3.62. The summed E-state index contributed by atoms with van der Waals surface area (Å²) in [6.45, 7) is -0.190. The van der Waals surface area contributed by atoms with Crippen LogP contribution >= 0.6 is 15.9 Å². The molecule has 2 nitrogen and oxygen atoms in total. The molecule has 0 spiro atoms. The minimum atomic E-state index is -4.42. The van der Waals surface area contributed by atoms with E-state index in [2.05, 4.69) is 15.9 Å². The number of benzene rings is 1. The number of alkyl halides is 3. The number of nitrogens with two attached hydrogens (primary N) is 1. The Bertz CT molecular complexity index is 365. The van der Waals surface area contributed by atoms with E-state index in [1.807, 2.05) is 0 Å². The molecule has 2 N–H and O–H groups in total. The second kappa shape index (κ2) is 4.40. The first kappa shape index (κ1) is 12.3. The normalized spacial score (nSPS) is 11.6. The molecule has 0 heterocycles. The summed E-state index contributed by atoms with van der Waals surface area (Å²) >= 11 is 2.86. The molecular formula is C9H9BrF3NO. The quantitative estimate of drug-likeness (QED) is 0.906. The lowest BCUT2D eigenvalue weighted by molar-refractivity contribution is -0.138. The molecule has 0 fully saturated rings. The van der Waals surface area contributed by atoms with Crippen LogP contribution in [-0.4, -0.2) is 7.11 Å². The van der Waals surface area contributed by atoms with Crippen LogP contribution in [0.4, 0.5) is 13.2 Å². The molecule has 84 valence electrons. The van der Waals surface area contributed by atoms with Crippen molar-refractivity contribution in [2.75, 3.05) is 7.11 Å². The Morgan fingerprint density at radius 2 is 2.00 bits per heavy atom. The zero-order chi connectivity index (χ0) is 11.6. The molecule has 6 heteroatoms. The van der Waals surface area contributed by atoms with Crippen LogP contribution in [0.25, 0.3) is 0 Å². The van der Waals surface area contributed by atoms with Crippen LogP contribution in [0.5, 0.6) is 5.75 Å². The molecule has 0 bridgehead atoms. The van der Waals surface area contributed by atoms with Crippen LogP contribution in [0.2, 0.25) is 0 Å². The third-order valence-corrected chi connectivity index (χ3v) is 2.51. The van der Waals surface area contributed by atoms with Gasteiger partial charge in [0.15, 0.2) is 0 Å². The molecule has 1 aromatic carbocycles. The van der Waals surface area contributed by atoms with E-state index in [0.29, 0.717) is 5.75 Å². The number of hydrogen-bond acceptors (Lipinski definition) is 2. The van der Waals surface area contributed by atoms with Crippen molar-refractivity contribution >= 4 is 15.9 Å². The summed E-state index contributed by atoms with van der Waals surface area (Å²) in [5.74, 6) is 0.343. The van der Waals surface area contributed by atoms with Gasteiger partial charge < -0.3 is 10.5 Å². The summed E-state index contributed by atoms with van der Waals surface area (Å²) in [5.41, 5.74) is 4.53. The molecule has 1 rings (SSSR count). The molecule has 0 unspecified atom stereocenters. The van der Waals surface area contributed by atoms with Gasteiger partial charge in [-0.15, -0.1) is 0 Å². The van der Waals surface area contributed by atoms with Gasteiger partial charge in [-0.1, -0.05) is 15.9 Å². The highest BCUT2D eigenvalue weighted by Crippen LogP contribution is 2.39. The first-order valence-electron chi connectivity index (χ1n) is 4.03.